The number of rotatable bonds is 3. The van der Waals surface area contributed by atoms with E-state index in [0.717, 1.165) is 22.6 Å². The molecule has 0 aliphatic heterocycles. The summed E-state index contributed by atoms with van der Waals surface area (Å²) in [5, 5.41) is 4.06. The summed E-state index contributed by atoms with van der Waals surface area (Å²) in [6.45, 7) is 0. The molecule has 1 heterocycles. The van der Waals surface area contributed by atoms with Crippen LogP contribution in [0.4, 0.5) is 0 Å². The molecule has 0 saturated carbocycles. The second-order valence-electron chi connectivity index (χ2n) is 3.67. The maximum Gasteiger partial charge on any atom is 0.0761 e. The predicted molar refractivity (Wildman–Crippen MR) is 89.8 cm³/mol. The van der Waals surface area contributed by atoms with E-state index in [0.29, 0.717) is 0 Å². The van der Waals surface area contributed by atoms with Gasteiger partial charge in [-0.1, -0.05) is 33.6 Å². The van der Waals surface area contributed by atoms with E-state index in [9.17, 15) is 0 Å². The van der Waals surface area contributed by atoms with E-state index in [2.05, 4.69) is 59.2 Å². The molecule has 1 aromatic carbocycles. The summed E-state index contributed by atoms with van der Waals surface area (Å²) in [6, 6.07) is 8.09. The zero-order valence-corrected chi connectivity index (χ0v) is 15.6. The second-order valence-corrected chi connectivity index (χ2v) is 8.71. The predicted octanol–water partition coefficient (Wildman–Crippen LogP) is 6.00. The molecule has 6 heteroatoms. The van der Waals surface area contributed by atoms with Gasteiger partial charge in [-0.15, -0.1) is 11.3 Å². The third-order valence-corrected chi connectivity index (χ3v) is 5.86. The van der Waals surface area contributed by atoms with E-state index in [1.807, 2.05) is 25.2 Å². The molecular weight excluding hydrogens is 465 g/mol. The maximum atomic E-state index is 5.98. The van der Waals surface area contributed by atoms with Crippen LogP contribution in [0.3, 0.4) is 0 Å². The van der Waals surface area contributed by atoms with Gasteiger partial charge in [0.05, 0.1) is 13.6 Å². The van der Waals surface area contributed by atoms with Gasteiger partial charge in [0.15, 0.2) is 0 Å². The van der Waals surface area contributed by atoms with Crippen molar-refractivity contribution in [1.82, 2.24) is 5.32 Å². The second kappa shape index (κ2) is 6.37. The molecule has 1 N–H and O–H groups in total. The SMILES string of the molecule is CNC(c1ccc(Cl)cc1Br)c1cc(Br)sc1Br. The number of hydrogen-bond acceptors (Lipinski definition) is 2. The van der Waals surface area contributed by atoms with Crippen molar-refractivity contribution in [2.24, 2.45) is 0 Å². The molecule has 1 nitrogen and oxygen atoms in total. The minimum atomic E-state index is 0.119. The molecule has 0 fully saturated rings. The number of thiophene rings is 1. The van der Waals surface area contributed by atoms with Crippen LogP contribution in [0.5, 0.6) is 0 Å². The minimum absolute atomic E-state index is 0.119. The zero-order valence-electron chi connectivity index (χ0n) is 9.31. The Bertz CT molecular complexity index is 570. The highest BCUT2D eigenvalue weighted by molar-refractivity contribution is 9.12. The fourth-order valence-corrected chi connectivity index (χ4v) is 5.58. The van der Waals surface area contributed by atoms with E-state index < -0.39 is 0 Å². The summed E-state index contributed by atoms with van der Waals surface area (Å²) < 4.78 is 3.23. The van der Waals surface area contributed by atoms with Gasteiger partial charge < -0.3 is 5.32 Å². The first-order valence-electron chi connectivity index (χ1n) is 5.10. The fourth-order valence-electron chi connectivity index (χ4n) is 1.76. The highest BCUT2D eigenvalue weighted by Crippen LogP contribution is 2.39. The molecule has 0 radical (unpaired) electrons. The lowest BCUT2D eigenvalue weighted by Gasteiger charge is -2.18. The molecule has 0 spiro atoms. The lowest BCUT2D eigenvalue weighted by molar-refractivity contribution is 0.689. The van der Waals surface area contributed by atoms with Crippen molar-refractivity contribution in [3.05, 3.63) is 52.5 Å². The average Bonchev–Trinajstić information content (AvgIpc) is 2.62. The van der Waals surface area contributed by atoms with Gasteiger partial charge in [0, 0.05) is 9.50 Å². The van der Waals surface area contributed by atoms with Crippen molar-refractivity contribution in [2.45, 2.75) is 6.04 Å². The first kappa shape index (κ1) is 15.0. The maximum absolute atomic E-state index is 5.98. The van der Waals surface area contributed by atoms with Crippen molar-refractivity contribution in [2.75, 3.05) is 7.05 Å². The van der Waals surface area contributed by atoms with E-state index in [1.54, 1.807) is 11.3 Å². The number of halogens is 4. The largest absolute Gasteiger partial charge is 0.309 e. The highest BCUT2D eigenvalue weighted by Gasteiger charge is 2.19. The van der Waals surface area contributed by atoms with Crippen molar-refractivity contribution >= 4 is 70.7 Å². The summed E-state index contributed by atoms with van der Waals surface area (Å²) in [7, 11) is 1.95. The number of benzene rings is 1. The Kier molecular flexibility index (Phi) is 5.31. The average molecular weight is 474 g/mol. The zero-order chi connectivity index (χ0) is 13.3. The summed E-state index contributed by atoms with van der Waals surface area (Å²) >= 11 is 18.3. The van der Waals surface area contributed by atoms with Crippen LogP contribution in [0.15, 0.2) is 36.3 Å². The van der Waals surface area contributed by atoms with Crippen LogP contribution < -0.4 is 5.32 Å². The molecule has 2 rings (SSSR count). The number of nitrogens with one attached hydrogen (secondary N) is 1. The summed E-state index contributed by atoms with van der Waals surface area (Å²) in [6.07, 6.45) is 0. The monoisotopic (exact) mass is 471 g/mol. The Labute approximate surface area is 140 Å². The van der Waals surface area contributed by atoms with Gasteiger partial charge >= 0.3 is 0 Å². The summed E-state index contributed by atoms with van der Waals surface area (Å²) in [5.41, 5.74) is 2.37. The minimum Gasteiger partial charge on any atom is -0.309 e. The smallest absolute Gasteiger partial charge is 0.0761 e. The van der Waals surface area contributed by atoms with E-state index in [4.69, 9.17) is 11.6 Å². The van der Waals surface area contributed by atoms with Gasteiger partial charge in [0.25, 0.3) is 0 Å². The normalized spacial score (nSPS) is 12.7. The Morgan fingerprint density at radius 1 is 1.17 bits per heavy atom. The Balaban J connectivity index is 2.48. The van der Waals surface area contributed by atoms with E-state index in [1.165, 1.54) is 5.56 Å². The van der Waals surface area contributed by atoms with Crippen LogP contribution in [-0.4, -0.2) is 7.05 Å². The summed E-state index contributed by atoms with van der Waals surface area (Å²) in [5.74, 6) is 0. The molecule has 0 amide bonds. The van der Waals surface area contributed by atoms with Gasteiger partial charge in [-0.05, 0) is 68.2 Å². The Morgan fingerprint density at radius 2 is 1.89 bits per heavy atom. The Morgan fingerprint density at radius 3 is 2.39 bits per heavy atom. The van der Waals surface area contributed by atoms with Gasteiger partial charge in [0.1, 0.15) is 0 Å². The third-order valence-electron chi connectivity index (χ3n) is 2.56. The molecule has 0 bridgehead atoms. The first-order chi connectivity index (χ1) is 8.52. The fraction of sp³-hybridized carbons (Fsp3) is 0.167. The van der Waals surface area contributed by atoms with Gasteiger partial charge in [-0.25, -0.2) is 0 Å². The van der Waals surface area contributed by atoms with Crippen LogP contribution in [0.2, 0.25) is 5.02 Å². The van der Waals surface area contributed by atoms with Crippen LogP contribution in [0.25, 0.3) is 0 Å². The third kappa shape index (κ3) is 3.19. The molecule has 96 valence electrons. The van der Waals surface area contributed by atoms with Crippen molar-refractivity contribution in [1.29, 1.82) is 0 Å². The van der Waals surface area contributed by atoms with Crippen LogP contribution in [0, 0.1) is 0 Å². The standard InChI is InChI=1S/C12H9Br3ClNS/c1-17-11(8-5-10(14)18-12(8)15)7-3-2-6(16)4-9(7)13/h2-5,11,17H,1H3. The Hall–Kier alpha value is 0.610. The van der Waals surface area contributed by atoms with Gasteiger partial charge in [-0.2, -0.15) is 0 Å². The topological polar surface area (TPSA) is 12.0 Å². The quantitative estimate of drug-likeness (QED) is 0.576. The lowest BCUT2D eigenvalue weighted by Crippen LogP contribution is -2.17. The van der Waals surface area contributed by atoms with Crippen molar-refractivity contribution < 1.29 is 0 Å². The molecule has 1 aromatic heterocycles. The van der Waals surface area contributed by atoms with Crippen LogP contribution in [-0.2, 0) is 0 Å². The van der Waals surface area contributed by atoms with Crippen LogP contribution >= 0.6 is 70.7 Å². The summed E-state index contributed by atoms with van der Waals surface area (Å²) in [4.78, 5) is 0. The van der Waals surface area contributed by atoms with Gasteiger partial charge in [0.2, 0.25) is 0 Å². The van der Waals surface area contributed by atoms with Gasteiger partial charge in [-0.3, -0.25) is 0 Å². The molecule has 1 unspecified atom stereocenters. The first-order valence-corrected chi connectivity index (χ1v) is 8.67. The molecule has 18 heavy (non-hydrogen) atoms. The molecule has 0 aliphatic carbocycles. The van der Waals surface area contributed by atoms with Crippen molar-refractivity contribution in [3.63, 3.8) is 0 Å². The van der Waals surface area contributed by atoms with E-state index in [-0.39, 0.29) is 6.04 Å². The van der Waals surface area contributed by atoms with Crippen LogP contribution in [0.1, 0.15) is 17.2 Å². The van der Waals surface area contributed by atoms with E-state index >= 15 is 0 Å². The highest BCUT2D eigenvalue weighted by atomic mass is 79.9. The number of hydrogen-bond donors (Lipinski definition) is 1. The molecule has 0 saturated heterocycles. The van der Waals surface area contributed by atoms with Crippen molar-refractivity contribution in [3.8, 4) is 0 Å². The lowest BCUT2D eigenvalue weighted by atomic mass is 10.0. The molecular formula is C12H9Br3ClNS. The molecule has 2 aromatic rings. The molecule has 0 aliphatic rings. The molecule has 1 atom stereocenters.